The summed E-state index contributed by atoms with van der Waals surface area (Å²) in [5.41, 5.74) is 0. The van der Waals surface area contributed by atoms with Crippen LogP contribution in [-0.2, 0) is 19.6 Å². The van der Waals surface area contributed by atoms with Gasteiger partial charge < -0.3 is 10.1 Å². The molecule has 7 nitrogen and oxygen atoms in total. The fourth-order valence-electron chi connectivity index (χ4n) is 4.74. The van der Waals surface area contributed by atoms with Crippen molar-refractivity contribution in [3.8, 4) is 0 Å². The Morgan fingerprint density at radius 2 is 1.94 bits per heavy atom. The Labute approximate surface area is 191 Å². The van der Waals surface area contributed by atoms with E-state index in [0.29, 0.717) is 35.7 Å². The SMILES string of the molecule is CCC(CC)[C@H](CNC(=O)[C@@H]1CCCN(S(=O)(=O)c2ccc(C)s2)C1)N1CCOCC1. The van der Waals surface area contributed by atoms with Gasteiger partial charge >= 0.3 is 0 Å². The van der Waals surface area contributed by atoms with E-state index in [9.17, 15) is 13.2 Å². The smallest absolute Gasteiger partial charge is 0.252 e. The summed E-state index contributed by atoms with van der Waals surface area (Å²) in [5.74, 6) is 0.201. The van der Waals surface area contributed by atoms with Crippen molar-refractivity contribution < 1.29 is 17.9 Å². The molecule has 1 amide bonds. The highest BCUT2D eigenvalue weighted by Gasteiger charge is 2.35. The van der Waals surface area contributed by atoms with Gasteiger partial charge in [0.2, 0.25) is 5.91 Å². The van der Waals surface area contributed by atoms with E-state index < -0.39 is 10.0 Å². The number of sulfonamides is 1. The molecule has 2 aliphatic heterocycles. The second kappa shape index (κ2) is 11.2. The summed E-state index contributed by atoms with van der Waals surface area (Å²) in [6.07, 6.45) is 3.59. The fourth-order valence-corrected chi connectivity index (χ4v) is 7.70. The van der Waals surface area contributed by atoms with Gasteiger partial charge in [0.05, 0.1) is 19.1 Å². The van der Waals surface area contributed by atoms with Crippen LogP contribution in [-0.4, -0.2) is 75.5 Å². The third-order valence-corrected chi connectivity index (χ3v) is 9.99. The van der Waals surface area contributed by atoms with Gasteiger partial charge in [-0.2, -0.15) is 4.31 Å². The molecule has 1 aromatic heterocycles. The highest BCUT2D eigenvalue weighted by Crippen LogP contribution is 2.28. The van der Waals surface area contributed by atoms with E-state index in [4.69, 9.17) is 4.74 Å². The first kappa shape index (κ1) is 24.6. The zero-order valence-electron chi connectivity index (χ0n) is 19.0. The van der Waals surface area contributed by atoms with Crippen molar-refractivity contribution >= 4 is 27.3 Å². The summed E-state index contributed by atoms with van der Waals surface area (Å²) in [4.78, 5) is 16.4. The van der Waals surface area contributed by atoms with Crippen LogP contribution in [0.15, 0.2) is 16.3 Å². The second-order valence-corrected chi connectivity index (χ2v) is 12.1. The summed E-state index contributed by atoms with van der Waals surface area (Å²) in [5, 5.41) is 3.17. The Morgan fingerprint density at radius 1 is 1.23 bits per heavy atom. The highest BCUT2D eigenvalue weighted by molar-refractivity contribution is 7.91. The van der Waals surface area contributed by atoms with E-state index in [2.05, 4.69) is 24.1 Å². The minimum absolute atomic E-state index is 0.0218. The van der Waals surface area contributed by atoms with E-state index in [1.807, 2.05) is 13.0 Å². The van der Waals surface area contributed by atoms with E-state index in [1.165, 1.54) is 15.6 Å². The number of thiophene rings is 1. The quantitative estimate of drug-likeness (QED) is 0.599. The van der Waals surface area contributed by atoms with Crippen LogP contribution in [0.25, 0.3) is 0 Å². The molecule has 0 saturated carbocycles. The molecule has 3 heterocycles. The number of carbonyl (C=O) groups is 1. The van der Waals surface area contributed by atoms with Gasteiger partial charge in [0.15, 0.2) is 0 Å². The summed E-state index contributed by atoms with van der Waals surface area (Å²) in [6, 6.07) is 3.79. The summed E-state index contributed by atoms with van der Waals surface area (Å²) < 4.78 is 33.4. The van der Waals surface area contributed by atoms with Crippen LogP contribution < -0.4 is 5.32 Å². The number of nitrogens with zero attached hydrogens (tertiary/aromatic N) is 2. The molecule has 0 spiro atoms. The van der Waals surface area contributed by atoms with Gasteiger partial charge in [-0.1, -0.05) is 26.7 Å². The van der Waals surface area contributed by atoms with Crippen LogP contribution in [0.3, 0.4) is 0 Å². The van der Waals surface area contributed by atoms with Crippen LogP contribution in [0.5, 0.6) is 0 Å². The number of aryl methyl sites for hydroxylation is 1. The number of carbonyl (C=O) groups excluding carboxylic acids is 1. The number of nitrogens with one attached hydrogen (secondary N) is 1. The average molecular weight is 472 g/mol. The molecule has 0 unspecified atom stereocenters. The molecule has 31 heavy (non-hydrogen) atoms. The normalized spacial score (nSPS) is 22.5. The van der Waals surface area contributed by atoms with E-state index in [1.54, 1.807) is 6.07 Å². The van der Waals surface area contributed by atoms with E-state index in [0.717, 1.165) is 50.4 Å². The first-order chi connectivity index (χ1) is 14.9. The molecule has 9 heteroatoms. The minimum atomic E-state index is -3.53. The first-order valence-corrected chi connectivity index (χ1v) is 13.8. The van der Waals surface area contributed by atoms with Crippen molar-refractivity contribution in [2.24, 2.45) is 11.8 Å². The molecule has 1 aromatic rings. The number of morpholine rings is 1. The van der Waals surface area contributed by atoms with Gasteiger partial charge in [-0.05, 0) is 37.8 Å². The summed E-state index contributed by atoms with van der Waals surface area (Å²) in [6.45, 7) is 10.9. The Balaban J connectivity index is 1.62. The molecular weight excluding hydrogens is 434 g/mol. The van der Waals surface area contributed by atoms with Crippen LogP contribution in [0.1, 0.15) is 44.4 Å². The van der Waals surface area contributed by atoms with Gasteiger partial charge in [-0.15, -0.1) is 11.3 Å². The third kappa shape index (κ3) is 6.07. The van der Waals surface area contributed by atoms with Gasteiger partial charge in [0.1, 0.15) is 4.21 Å². The van der Waals surface area contributed by atoms with Crippen molar-refractivity contribution in [2.45, 2.75) is 56.7 Å². The molecule has 2 fully saturated rings. The summed E-state index contributed by atoms with van der Waals surface area (Å²) in [7, 11) is -3.53. The van der Waals surface area contributed by atoms with Crippen molar-refractivity contribution in [3.05, 3.63) is 17.0 Å². The van der Waals surface area contributed by atoms with Crippen molar-refractivity contribution in [3.63, 3.8) is 0 Å². The number of amides is 1. The Hall–Kier alpha value is -1.00. The van der Waals surface area contributed by atoms with Gasteiger partial charge in [-0.25, -0.2) is 8.42 Å². The predicted octanol–water partition coefficient (Wildman–Crippen LogP) is 2.71. The highest BCUT2D eigenvalue weighted by atomic mass is 32.2. The lowest BCUT2D eigenvalue weighted by atomic mass is 9.92. The average Bonchev–Trinajstić information content (AvgIpc) is 3.24. The topological polar surface area (TPSA) is 79.0 Å². The van der Waals surface area contributed by atoms with Crippen LogP contribution in [0.4, 0.5) is 0 Å². The molecule has 2 atom stereocenters. The molecule has 1 N–H and O–H groups in total. The minimum Gasteiger partial charge on any atom is -0.379 e. The number of hydrogen-bond donors (Lipinski definition) is 1. The number of ether oxygens (including phenoxy) is 1. The Morgan fingerprint density at radius 3 is 2.55 bits per heavy atom. The van der Waals surface area contributed by atoms with Gasteiger partial charge in [0, 0.05) is 43.6 Å². The number of rotatable bonds is 9. The number of hydrogen-bond acceptors (Lipinski definition) is 6. The lowest BCUT2D eigenvalue weighted by molar-refractivity contribution is -0.126. The molecule has 0 radical (unpaired) electrons. The molecule has 176 valence electrons. The molecule has 0 bridgehead atoms. The number of piperidine rings is 1. The van der Waals surface area contributed by atoms with E-state index >= 15 is 0 Å². The molecular formula is C22H37N3O4S2. The van der Waals surface area contributed by atoms with Crippen molar-refractivity contribution in [1.29, 1.82) is 0 Å². The maximum absolute atomic E-state index is 13.0. The predicted molar refractivity (Wildman–Crippen MR) is 124 cm³/mol. The third-order valence-electron chi connectivity index (χ3n) is 6.66. The zero-order chi connectivity index (χ0) is 22.4. The largest absolute Gasteiger partial charge is 0.379 e. The molecule has 3 rings (SSSR count). The van der Waals surface area contributed by atoms with Crippen molar-refractivity contribution in [1.82, 2.24) is 14.5 Å². The van der Waals surface area contributed by atoms with Crippen molar-refractivity contribution in [2.75, 3.05) is 45.9 Å². The van der Waals surface area contributed by atoms with Gasteiger partial charge in [0.25, 0.3) is 10.0 Å². The first-order valence-electron chi connectivity index (χ1n) is 11.5. The maximum Gasteiger partial charge on any atom is 0.252 e. The van der Waals surface area contributed by atoms with Crippen LogP contribution in [0, 0.1) is 18.8 Å². The maximum atomic E-state index is 13.0. The Bertz CT molecular complexity index is 816. The molecule has 0 aromatic carbocycles. The lowest BCUT2D eigenvalue weighted by Crippen LogP contribution is -2.53. The van der Waals surface area contributed by atoms with Crippen LogP contribution in [0.2, 0.25) is 0 Å². The van der Waals surface area contributed by atoms with Gasteiger partial charge in [-0.3, -0.25) is 9.69 Å². The lowest BCUT2D eigenvalue weighted by Gasteiger charge is -2.39. The monoisotopic (exact) mass is 471 g/mol. The summed E-state index contributed by atoms with van der Waals surface area (Å²) >= 11 is 1.29. The Kier molecular flexibility index (Phi) is 8.92. The second-order valence-electron chi connectivity index (χ2n) is 8.60. The fraction of sp³-hybridized carbons (Fsp3) is 0.773. The standard InChI is InChI=1S/C22H37N3O4S2/c1-4-18(5-2)20(24-11-13-29-14-12-24)15-23-22(26)19-7-6-10-25(16-19)31(27,28)21-9-8-17(3)30-21/h8-9,18-20H,4-7,10-16H2,1-3H3,(H,23,26)/t19-,20+/m1/s1. The molecule has 2 aliphatic rings. The molecule has 0 aliphatic carbocycles. The zero-order valence-corrected chi connectivity index (χ0v) is 20.6. The molecule has 2 saturated heterocycles. The van der Waals surface area contributed by atoms with E-state index in [-0.39, 0.29) is 18.4 Å². The van der Waals surface area contributed by atoms with Crippen LogP contribution >= 0.6 is 11.3 Å².